The van der Waals surface area contributed by atoms with Crippen molar-refractivity contribution in [3.63, 3.8) is 0 Å². The molecule has 0 aliphatic heterocycles. The zero-order chi connectivity index (χ0) is 20.2. The van der Waals surface area contributed by atoms with Gasteiger partial charge in [-0.2, -0.15) is 5.10 Å². The quantitative estimate of drug-likeness (QED) is 0.647. The summed E-state index contributed by atoms with van der Waals surface area (Å²) in [5, 5.41) is 7.05. The van der Waals surface area contributed by atoms with Crippen molar-refractivity contribution < 1.29 is 23.1 Å². The predicted octanol–water partition coefficient (Wildman–Crippen LogP) is 2.96. The summed E-state index contributed by atoms with van der Waals surface area (Å²) >= 11 is 0. The molecular formula is C21H20FN3O4. The Morgan fingerprint density at radius 2 is 1.97 bits per heavy atom. The maximum absolute atomic E-state index is 13.3. The number of fused-ring (bicyclic) bond motifs is 1. The summed E-state index contributed by atoms with van der Waals surface area (Å²) in [5.74, 6) is -0.800. The van der Waals surface area contributed by atoms with Gasteiger partial charge in [0.1, 0.15) is 11.6 Å². The zero-order valence-corrected chi connectivity index (χ0v) is 15.7. The van der Waals surface area contributed by atoms with E-state index in [-0.39, 0.29) is 18.1 Å². The maximum atomic E-state index is 13.3. The third-order valence-electron chi connectivity index (χ3n) is 4.82. The summed E-state index contributed by atoms with van der Waals surface area (Å²) in [6.07, 6.45) is 4.94. The van der Waals surface area contributed by atoms with E-state index in [0.29, 0.717) is 17.9 Å². The number of carbonyl (C=O) groups excluding carboxylic acids is 2. The Morgan fingerprint density at radius 3 is 2.72 bits per heavy atom. The summed E-state index contributed by atoms with van der Waals surface area (Å²) < 4.78 is 25.2. The fourth-order valence-corrected chi connectivity index (χ4v) is 3.41. The molecule has 7 nitrogen and oxygen atoms in total. The molecule has 0 radical (unpaired) electrons. The Labute approximate surface area is 166 Å². The van der Waals surface area contributed by atoms with E-state index in [1.165, 1.54) is 18.4 Å². The number of hydrogen-bond donors (Lipinski definition) is 1. The van der Waals surface area contributed by atoms with Gasteiger partial charge in [0, 0.05) is 11.3 Å². The van der Waals surface area contributed by atoms with E-state index in [2.05, 4.69) is 10.4 Å². The second kappa shape index (κ2) is 8.30. The van der Waals surface area contributed by atoms with Gasteiger partial charge in [-0.15, -0.1) is 0 Å². The normalized spacial score (nSPS) is 13.0. The lowest BCUT2D eigenvalue weighted by Gasteiger charge is -2.14. The van der Waals surface area contributed by atoms with Crippen molar-refractivity contribution in [2.75, 3.05) is 6.61 Å². The smallest absolute Gasteiger partial charge is 0.359 e. The molecule has 150 valence electrons. The van der Waals surface area contributed by atoms with Crippen molar-refractivity contribution >= 4 is 11.9 Å². The molecule has 0 unspecified atom stereocenters. The first-order chi connectivity index (χ1) is 14.1. The molecule has 1 N–H and O–H groups in total. The van der Waals surface area contributed by atoms with Crippen LogP contribution in [0.1, 0.15) is 40.3 Å². The molecule has 0 saturated heterocycles. The molecule has 1 aliphatic carbocycles. The second-order valence-corrected chi connectivity index (χ2v) is 6.80. The van der Waals surface area contributed by atoms with Crippen LogP contribution < -0.4 is 5.32 Å². The van der Waals surface area contributed by atoms with Gasteiger partial charge >= 0.3 is 5.97 Å². The fourth-order valence-electron chi connectivity index (χ4n) is 3.41. The van der Waals surface area contributed by atoms with Gasteiger partial charge in [-0.3, -0.25) is 4.79 Å². The Bertz CT molecular complexity index is 1010. The van der Waals surface area contributed by atoms with Crippen LogP contribution >= 0.6 is 0 Å². The number of amides is 1. The number of hydrogen-bond acceptors (Lipinski definition) is 5. The van der Waals surface area contributed by atoms with Gasteiger partial charge in [0.05, 0.1) is 18.5 Å². The predicted molar refractivity (Wildman–Crippen MR) is 101 cm³/mol. The van der Waals surface area contributed by atoms with E-state index in [0.717, 1.165) is 30.5 Å². The van der Waals surface area contributed by atoms with Gasteiger partial charge in [0.25, 0.3) is 5.91 Å². The molecule has 0 fully saturated rings. The summed E-state index contributed by atoms with van der Waals surface area (Å²) in [6.45, 7) is -0.185. The van der Waals surface area contributed by atoms with Crippen LogP contribution in [0.4, 0.5) is 4.39 Å². The number of furan rings is 1. The van der Waals surface area contributed by atoms with Gasteiger partial charge in [-0.05, 0) is 62.1 Å². The van der Waals surface area contributed by atoms with Crippen molar-refractivity contribution in [1.29, 1.82) is 0 Å². The van der Waals surface area contributed by atoms with Gasteiger partial charge in [-0.25, -0.2) is 13.9 Å². The molecule has 0 atom stereocenters. The van der Waals surface area contributed by atoms with Crippen molar-refractivity contribution in [3.05, 3.63) is 71.2 Å². The Hall–Kier alpha value is -3.42. The molecule has 1 aromatic carbocycles. The lowest BCUT2D eigenvalue weighted by atomic mass is 9.95. The highest BCUT2D eigenvalue weighted by molar-refractivity contribution is 5.91. The summed E-state index contributed by atoms with van der Waals surface area (Å²) in [7, 11) is 0. The van der Waals surface area contributed by atoms with Crippen molar-refractivity contribution in [2.45, 2.75) is 32.2 Å². The highest BCUT2D eigenvalue weighted by atomic mass is 19.1. The molecule has 2 heterocycles. The fraction of sp³-hybridized carbons (Fsp3) is 0.286. The highest BCUT2D eigenvalue weighted by Crippen LogP contribution is 2.27. The van der Waals surface area contributed by atoms with E-state index in [4.69, 9.17) is 9.15 Å². The van der Waals surface area contributed by atoms with E-state index in [9.17, 15) is 14.0 Å². The Balaban J connectivity index is 1.46. The van der Waals surface area contributed by atoms with Crippen LogP contribution in [0.3, 0.4) is 0 Å². The molecular weight excluding hydrogens is 377 g/mol. The molecule has 0 saturated carbocycles. The molecule has 8 heteroatoms. The number of rotatable bonds is 6. The van der Waals surface area contributed by atoms with Gasteiger partial charge in [0.2, 0.25) is 0 Å². The number of halogens is 1. The number of esters is 1. The topological polar surface area (TPSA) is 86.4 Å². The van der Waals surface area contributed by atoms with E-state index >= 15 is 0 Å². The second-order valence-electron chi connectivity index (χ2n) is 6.80. The molecule has 29 heavy (non-hydrogen) atoms. The summed E-state index contributed by atoms with van der Waals surface area (Å²) in [6, 6.07) is 9.41. The van der Waals surface area contributed by atoms with E-state index < -0.39 is 18.5 Å². The molecule has 2 aromatic heterocycles. The summed E-state index contributed by atoms with van der Waals surface area (Å²) in [5.41, 5.74) is 2.65. The molecule has 1 amide bonds. The number of carbonyl (C=O) groups is 2. The van der Waals surface area contributed by atoms with Crippen LogP contribution in [-0.4, -0.2) is 28.3 Å². The lowest BCUT2D eigenvalue weighted by molar-refractivity contribution is -0.124. The number of nitrogens with one attached hydrogen (secondary N) is 1. The third-order valence-corrected chi connectivity index (χ3v) is 4.82. The minimum atomic E-state index is -0.642. The Morgan fingerprint density at radius 1 is 1.17 bits per heavy atom. The van der Waals surface area contributed by atoms with Crippen molar-refractivity contribution in [2.24, 2.45) is 0 Å². The van der Waals surface area contributed by atoms with E-state index in [1.54, 1.807) is 28.9 Å². The van der Waals surface area contributed by atoms with Gasteiger partial charge in [0.15, 0.2) is 12.3 Å². The maximum Gasteiger partial charge on any atom is 0.359 e. The zero-order valence-electron chi connectivity index (χ0n) is 15.7. The average Bonchev–Trinajstić information content (AvgIpc) is 3.39. The van der Waals surface area contributed by atoms with Gasteiger partial charge < -0.3 is 14.5 Å². The first-order valence-corrected chi connectivity index (χ1v) is 9.45. The standard InChI is InChI=1S/C21H20FN3O4/c22-14-7-9-15(10-8-14)25-18-6-2-1-5-17(18)20(24-25)21(27)29-13-19(26)23-12-16-4-3-11-28-16/h3-4,7-11H,1-2,5-6,12-13H2,(H,23,26). The minimum Gasteiger partial charge on any atom is -0.467 e. The van der Waals surface area contributed by atoms with Crippen LogP contribution in [-0.2, 0) is 28.9 Å². The van der Waals surface area contributed by atoms with Crippen LogP contribution in [0.5, 0.6) is 0 Å². The number of nitrogens with zero attached hydrogens (tertiary/aromatic N) is 2. The first kappa shape index (κ1) is 18.9. The molecule has 0 spiro atoms. The third kappa shape index (κ3) is 4.21. The molecule has 1 aliphatic rings. The van der Waals surface area contributed by atoms with Crippen LogP contribution in [0.15, 0.2) is 47.1 Å². The number of ether oxygens (including phenoxy) is 1. The monoisotopic (exact) mass is 397 g/mol. The SMILES string of the molecule is O=C(COC(=O)c1nn(-c2ccc(F)cc2)c2c1CCCC2)NCc1ccco1. The van der Waals surface area contributed by atoms with Crippen molar-refractivity contribution in [3.8, 4) is 5.69 Å². The summed E-state index contributed by atoms with van der Waals surface area (Å²) in [4.78, 5) is 24.5. The minimum absolute atomic E-state index is 0.211. The number of aromatic nitrogens is 2. The highest BCUT2D eigenvalue weighted by Gasteiger charge is 2.27. The van der Waals surface area contributed by atoms with Crippen molar-refractivity contribution in [1.82, 2.24) is 15.1 Å². The lowest BCUT2D eigenvalue weighted by Crippen LogP contribution is -2.28. The number of benzene rings is 1. The van der Waals surface area contributed by atoms with E-state index in [1.807, 2.05) is 0 Å². The molecule has 4 rings (SSSR count). The van der Waals surface area contributed by atoms with Crippen LogP contribution in [0.2, 0.25) is 0 Å². The largest absolute Gasteiger partial charge is 0.467 e. The molecule has 3 aromatic rings. The molecule has 0 bridgehead atoms. The van der Waals surface area contributed by atoms with Crippen LogP contribution in [0, 0.1) is 5.82 Å². The average molecular weight is 397 g/mol. The first-order valence-electron chi connectivity index (χ1n) is 9.45. The van der Waals surface area contributed by atoms with Gasteiger partial charge in [-0.1, -0.05) is 0 Å². The Kier molecular flexibility index (Phi) is 5.41. The van der Waals surface area contributed by atoms with Crippen LogP contribution in [0.25, 0.3) is 5.69 Å².